The van der Waals surface area contributed by atoms with Crippen molar-refractivity contribution in [1.29, 1.82) is 0 Å². The fraction of sp³-hybridized carbons (Fsp3) is 0.280. The molecule has 1 atom stereocenters. The normalized spacial score (nSPS) is 16.5. The number of hydrogen-bond donors (Lipinski definition) is 1. The van der Waals surface area contributed by atoms with E-state index in [2.05, 4.69) is 10.1 Å². The highest BCUT2D eigenvalue weighted by atomic mass is 19.4. The number of rotatable bonds is 5. The lowest BCUT2D eigenvalue weighted by Gasteiger charge is -2.32. The van der Waals surface area contributed by atoms with Crippen LogP contribution >= 0.6 is 0 Å². The van der Waals surface area contributed by atoms with Crippen LogP contribution in [-0.2, 0) is 11.3 Å². The van der Waals surface area contributed by atoms with Gasteiger partial charge in [0, 0.05) is 30.8 Å². The van der Waals surface area contributed by atoms with E-state index in [0.717, 1.165) is 10.8 Å². The van der Waals surface area contributed by atoms with Gasteiger partial charge < -0.3 is 15.0 Å². The Morgan fingerprint density at radius 2 is 1.73 bits per heavy atom. The van der Waals surface area contributed by atoms with Crippen molar-refractivity contribution in [1.82, 2.24) is 10.2 Å². The molecule has 0 aromatic heterocycles. The summed E-state index contributed by atoms with van der Waals surface area (Å²) in [5, 5.41) is 4.53. The first-order chi connectivity index (χ1) is 15.8. The van der Waals surface area contributed by atoms with Gasteiger partial charge in [0.2, 0.25) is 5.91 Å². The quantitative estimate of drug-likeness (QED) is 0.594. The Morgan fingerprint density at radius 1 is 1.00 bits per heavy atom. The average molecular weight is 456 g/mol. The van der Waals surface area contributed by atoms with Crippen LogP contribution in [0.4, 0.5) is 13.2 Å². The number of fused-ring (bicyclic) bond motifs is 1. The zero-order valence-corrected chi connectivity index (χ0v) is 17.8. The Bertz CT molecular complexity index is 1160. The lowest BCUT2D eigenvalue weighted by molar-refractivity contribution is -0.274. The average Bonchev–Trinajstić information content (AvgIpc) is 2.81. The Kier molecular flexibility index (Phi) is 6.53. The van der Waals surface area contributed by atoms with E-state index in [0.29, 0.717) is 24.9 Å². The summed E-state index contributed by atoms with van der Waals surface area (Å²) in [6, 6.07) is 18.9. The Labute approximate surface area is 189 Å². The van der Waals surface area contributed by atoms with E-state index >= 15 is 0 Å². The molecule has 0 radical (unpaired) electrons. The number of ether oxygens (including phenoxy) is 1. The second kappa shape index (κ2) is 9.52. The molecule has 1 N–H and O–H groups in total. The van der Waals surface area contributed by atoms with Crippen molar-refractivity contribution >= 4 is 22.6 Å². The molecule has 1 saturated heterocycles. The molecule has 8 heteroatoms. The molecule has 0 saturated carbocycles. The van der Waals surface area contributed by atoms with Crippen molar-refractivity contribution < 1.29 is 27.5 Å². The predicted octanol–water partition coefficient (Wildman–Crippen LogP) is 4.91. The van der Waals surface area contributed by atoms with Crippen molar-refractivity contribution in [2.45, 2.75) is 25.7 Å². The summed E-state index contributed by atoms with van der Waals surface area (Å²) in [6.45, 7) is 0.710. The fourth-order valence-corrected chi connectivity index (χ4v) is 4.16. The van der Waals surface area contributed by atoms with Gasteiger partial charge in [-0.3, -0.25) is 9.59 Å². The minimum Gasteiger partial charge on any atom is -0.405 e. The van der Waals surface area contributed by atoms with E-state index in [1.807, 2.05) is 36.4 Å². The lowest BCUT2D eigenvalue weighted by atomic mass is 9.95. The van der Waals surface area contributed by atoms with E-state index < -0.39 is 12.3 Å². The number of benzene rings is 3. The third kappa shape index (κ3) is 5.45. The van der Waals surface area contributed by atoms with Gasteiger partial charge in [-0.25, -0.2) is 0 Å². The van der Waals surface area contributed by atoms with Crippen LogP contribution in [0.15, 0.2) is 66.7 Å². The summed E-state index contributed by atoms with van der Waals surface area (Å²) in [6.07, 6.45) is -3.54. The molecule has 3 aromatic rings. The number of nitrogens with zero attached hydrogens (tertiary/aromatic N) is 1. The second-order valence-corrected chi connectivity index (χ2v) is 7.99. The van der Waals surface area contributed by atoms with Crippen LogP contribution in [0, 0.1) is 5.92 Å². The maximum Gasteiger partial charge on any atom is 0.573 e. The van der Waals surface area contributed by atoms with Crippen LogP contribution in [0.25, 0.3) is 10.8 Å². The van der Waals surface area contributed by atoms with Gasteiger partial charge in [-0.2, -0.15) is 0 Å². The first-order valence-corrected chi connectivity index (χ1v) is 10.7. The standard InChI is InChI=1S/C25H23F3N2O3/c26-25(27,28)33-22-13-4-2-8-18(22)15-29-23(31)19-10-6-14-30(16-19)24(32)21-12-5-9-17-7-1-3-11-20(17)21/h1-5,7-9,11-13,19H,6,10,14-16H2,(H,29,31). The van der Waals surface area contributed by atoms with Crippen molar-refractivity contribution in [2.75, 3.05) is 13.1 Å². The van der Waals surface area contributed by atoms with E-state index in [1.54, 1.807) is 17.0 Å². The number of halogens is 3. The molecule has 172 valence electrons. The zero-order chi connectivity index (χ0) is 23.4. The Balaban J connectivity index is 1.42. The molecule has 4 rings (SSSR count). The molecule has 0 spiro atoms. The Hall–Kier alpha value is -3.55. The second-order valence-electron chi connectivity index (χ2n) is 7.99. The number of alkyl halides is 3. The molecule has 3 aromatic carbocycles. The van der Waals surface area contributed by atoms with Crippen LogP contribution in [0.2, 0.25) is 0 Å². The van der Waals surface area contributed by atoms with E-state index in [1.165, 1.54) is 18.2 Å². The molecule has 1 aliphatic rings. The van der Waals surface area contributed by atoms with Crippen LogP contribution < -0.4 is 10.1 Å². The molecule has 2 amide bonds. The molecule has 1 fully saturated rings. The summed E-state index contributed by atoms with van der Waals surface area (Å²) < 4.78 is 41.9. The molecule has 5 nitrogen and oxygen atoms in total. The van der Waals surface area contributed by atoms with Gasteiger partial charge in [0.1, 0.15) is 5.75 Å². The highest BCUT2D eigenvalue weighted by Gasteiger charge is 2.32. The molecule has 0 bridgehead atoms. The Morgan fingerprint density at radius 3 is 2.55 bits per heavy atom. The van der Waals surface area contributed by atoms with Gasteiger partial charge in [-0.05, 0) is 35.7 Å². The van der Waals surface area contributed by atoms with Gasteiger partial charge in [0.25, 0.3) is 5.91 Å². The number of hydrogen-bond acceptors (Lipinski definition) is 3. The number of carbonyl (C=O) groups excluding carboxylic acids is 2. The number of amides is 2. The maximum absolute atomic E-state index is 13.2. The molecule has 1 aliphatic heterocycles. The minimum atomic E-state index is -4.81. The smallest absolute Gasteiger partial charge is 0.405 e. The molecule has 1 heterocycles. The summed E-state index contributed by atoms with van der Waals surface area (Å²) in [7, 11) is 0. The van der Waals surface area contributed by atoms with Gasteiger partial charge in [0.15, 0.2) is 0 Å². The summed E-state index contributed by atoms with van der Waals surface area (Å²) in [5.74, 6) is -1.21. The first kappa shape index (κ1) is 22.6. The first-order valence-electron chi connectivity index (χ1n) is 10.7. The van der Waals surface area contributed by atoms with Crippen LogP contribution in [0.5, 0.6) is 5.75 Å². The van der Waals surface area contributed by atoms with Gasteiger partial charge >= 0.3 is 6.36 Å². The number of para-hydroxylation sites is 1. The fourth-order valence-electron chi connectivity index (χ4n) is 4.16. The van der Waals surface area contributed by atoms with Gasteiger partial charge in [-0.1, -0.05) is 54.6 Å². The van der Waals surface area contributed by atoms with E-state index in [9.17, 15) is 22.8 Å². The third-order valence-corrected chi connectivity index (χ3v) is 5.75. The number of carbonyl (C=O) groups is 2. The molecular weight excluding hydrogens is 433 g/mol. The topological polar surface area (TPSA) is 58.6 Å². The third-order valence-electron chi connectivity index (χ3n) is 5.75. The lowest BCUT2D eigenvalue weighted by Crippen LogP contribution is -2.45. The molecular formula is C25H23F3N2O3. The van der Waals surface area contributed by atoms with Crippen LogP contribution in [-0.4, -0.2) is 36.2 Å². The van der Waals surface area contributed by atoms with Gasteiger partial charge in [-0.15, -0.1) is 13.2 Å². The zero-order valence-electron chi connectivity index (χ0n) is 17.8. The molecule has 33 heavy (non-hydrogen) atoms. The highest BCUT2D eigenvalue weighted by molar-refractivity contribution is 6.07. The summed E-state index contributed by atoms with van der Waals surface area (Å²) >= 11 is 0. The SMILES string of the molecule is O=C(NCc1ccccc1OC(F)(F)F)C1CCCN(C(=O)c2cccc3ccccc23)C1. The summed E-state index contributed by atoms with van der Waals surface area (Å²) in [4.78, 5) is 27.7. The number of nitrogens with one attached hydrogen (secondary N) is 1. The van der Waals surface area contributed by atoms with Crippen molar-refractivity contribution in [2.24, 2.45) is 5.92 Å². The van der Waals surface area contributed by atoms with E-state index in [4.69, 9.17) is 0 Å². The van der Waals surface area contributed by atoms with E-state index in [-0.39, 0.29) is 36.2 Å². The van der Waals surface area contributed by atoms with Crippen molar-refractivity contribution in [3.05, 3.63) is 77.9 Å². The maximum atomic E-state index is 13.2. The van der Waals surface area contributed by atoms with Gasteiger partial charge in [0.05, 0.1) is 5.92 Å². The minimum absolute atomic E-state index is 0.0984. The molecule has 0 aliphatic carbocycles. The van der Waals surface area contributed by atoms with Crippen LogP contribution in [0.1, 0.15) is 28.8 Å². The highest BCUT2D eigenvalue weighted by Crippen LogP contribution is 2.27. The predicted molar refractivity (Wildman–Crippen MR) is 118 cm³/mol. The number of piperidine rings is 1. The molecule has 1 unspecified atom stereocenters. The monoisotopic (exact) mass is 456 g/mol. The van der Waals surface area contributed by atoms with Crippen LogP contribution in [0.3, 0.4) is 0 Å². The van der Waals surface area contributed by atoms with Crippen molar-refractivity contribution in [3.8, 4) is 5.75 Å². The summed E-state index contributed by atoms with van der Waals surface area (Å²) in [5.41, 5.74) is 0.815. The number of likely N-dealkylation sites (tertiary alicyclic amines) is 1. The largest absolute Gasteiger partial charge is 0.573 e. The van der Waals surface area contributed by atoms with Crippen molar-refractivity contribution in [3.63, 3.8) is 0 Å².